The second kappa shape index (κ2) is 7.25. The van der Waals surface area contributed by atoms with Gasteiger partial charge in [-0.15, -0.1) is 0 Å². The molecule has 1 nitrogen and oxygen atoms in total. The Labute approximate surface area is 120 Å². The molecule has 1 aromatic carbocycles. The Kier molecular flexibility index (Phi) is 5.65. The van der Waals surface area contributed by atoms with E-state index in [2.05, 4.69) is 5.32 Å². The van der Waals surface area contributed by atoms with Gasteiger partial charge in [-0.3, -0.25) is 0 Å². The van der Waals surface area contributed by atoms with Crippen molar-refractivity contribution in [2.45, 2.75) is 51.0 Å². The molecule has 0 aliphatic heterocycles. The van der Waals surface area contributed by atoms with Gasteiger partial charge < -0.3 is 5.32 Å². The Morgan fingerprint density at radius 2 is 2.05 bits per heavy atom. The molecule has 1 N–H and O–H groups in total. The number of likely N-dealkylation sites (N-methyl/N-ethyl adjacent to an activating group) is 1. The van der Waals surface area contributed by atoms with Gasteiger partial charge in [0.25, 0.3) is 0 Å². The van der Waals surface area contributed by atoms with Gasteiger partial charge in [0, 0.05) is 6.04 Å². The Morgan fingerprint density at radius 3 is 2.74 bits per heavy atom. The number of rotatable bonds is 5. The molecule has 106 valence electrons. The van der Waals surface area contributed by atoms with Crippen molar-refractivity contribution in [1.29, 1.82) is 0 Å². The fourth-order valence-corrected chi connectivity index (χ4v) is 3.29. The molecule has 1 unspecified atom stereocenters. The molecule has 1 fully saturated rings. The molecule has 0 saturated heterocycles. The fraction of sp³-hybridized carbons (Fsp3) is 0.625. The highest BCUT2D eigenvalue weighted by molar-refractivity contribution is 6.30. The van der Waals surface area contributed by atoms with Crippen molar-refractivity contribution in [2.75, 3.05) is 7.05 Å². The van der Waals surface area contributed by atoms with E-state index in [1.165, 1.54) is 32.1 Å². The van der Waals surface area contributed by atoms with Crippen LogP contribution in [0.5, 0.6) is 0 Å². The smallest absolute Gasteiger partial charge is 0.145 e. The molecule has 0 radical (unpaired) electrons. The molecule has 0 amide bonds. The largest absolute Gasteiger partial charge is 0.317 e. The van der Waals surface area contributed by atoms with E-state index in [0.29, 0.717) is 6.04 Å². The van der Waals surface area contributed by atoms with Crippen LogP contribution in [0.15, 0.2) is 18.2 Å². The highest BCUT2D eigenvalue weighted by Crippen LogP contribution is 2.28. The third kappa shape index (κ3) is 4.19. The van der Waals surface area contributed by atoms with Gasteiger partial charge in [0.2, 0.25) is 0 Å². The first kappa shape index (κ1) is 14.8. The maximum absolute atomic E-state index is 13.9. The molecule has 3 heteroatoms. The standard InChI is InChI=1S/C16H23ClFN/c1-19-14(10-12-6-3-2-4-7-12)11-13-8-5-9-15(17)16(13)18/h5,8-9,12,14,19H,2-4,6-7,10-11H2,1H3. The molecule has 0 bridgehead atoms. The summed E-state index contributed by atoms with van der Waals surface area (Å²) in [6.07, 6.45) is 8.61. The lowest BCUT2D eigenvalue weighted by Crippen LogP contribution is -2.31. The van der Waals surface area contributed by atoms with Crippen molar-refractivity contribution < 1.29 is 4.39 Å². The topological polar surface area (TPSA) is 12.0 Å². The van der Waals surface area contributed by atoms with Crippen LogP contribution >= 0.6 is 11.6 Å². The average Bonchev–Trinajstić information content (AvgIpc) is 2.44. The van der Waals surface area contributed by atoms with Crippen molar-refractivity contribution >= 4 is 11.6 Å². The zero-order valence-corrected chi connectivity index (χ0v) is 12.3. The van der Waals surface area contributed by atoms with E-state index >= 15 is 0 Å². The second-order valence-corrected chi connectivity index (χ2v) is 6.05. The van der Waals surface area contributed by atoms with Crippen LogP contribution in [-0.4, -0.2) is 13.1 Å². The maximum atomic E-state index is 13.9. The van der Waals surface area contributed by atoms with Crippen molar-refractivity contribution in [3.05, 3.63) is 34.6 Å². The summed E-state index contributed by atoms with van der Waals surface area (Å²) in [6.45, 7) is 0. The molecule has 2 rings (SSSR count). The first-order chi connectivity index (χ1) is 9.20. The summed E-state index contributed by atoms with van der Waals surface area (Å²) in [5.74, 6) is 0.543. The van der Waals surface area contributed by atoms with Crippen LogP contribution < -0.4 is 5.32 Å². The Morgan fingerprint density at radius 1 is 1.32 bits per heavy atom. The van der Waals surface area contributed by atoms with Crippen molar-refractivity contribution in [3.63, 3.8) is 0 Å². The van der Waals surface area contributed by atoms with Gasteiger partial charge in [0.05, 0.1) is 5.02 Å². The number of hydrogen-bond donors (Lipinski definition) is 1. The Balaban J connectivity index is 1.96. The highest BCUT2D eigenvalue weighted by Gasteiger charge is 2.19. The first-order valence-electron chi connectivity index (χ1n) is 7.31. The lowest BCUT2D eigenvalue weighted by molar-refractivity contribution is 0.302. The Bertz CT molecular complexity index is 402. The summed E-state index contributed by atoms with van der Waals surface area (Å²) in [5.41, 5.74) is 0.725. The molecule has 19 heavy (non-hydrogen) atoms. The number of halogens is 2. The summed E-state index contributed by atoms with van der Waals surface area (Å²) >= 11 is 5.84. The van der Waals surface area contributed by atoms with Gasteiger partial charge >= 0.3 is 0 Å². The zero-order chi connectivity index (χ0) is 13.7. The molecular weight excluding hydrogens is 261 g/mol. The Hall–Kier alpha value is -0.600. The predicted molar refractivity (Wildman–Crippen MR) is 79.2 cm³/mol. The van der Waals surface area contributed by atoms with E-state index in [9.17, 15) is 4.39 Å². The van der Waals surface area contributed by atoms with Crippen LogP contribution in [0.2, 0.25) is 5.02 Å². The molecule has 1 aliphatic carbocycles. The van der Waals surface area contributed by atoms with Crippen molar-refractivity contribution in [2.24, 2.45) is 5.92 Å². The van der Waals surface area contributed by atoms with Crippen LogP contribution in [0.25, 0.3) is 0 Å². The first-order valence-corrected chi connectivity index (χ1v) is 7.68. The molecule has 1 aliphatic rings. The minimum Gasteiger partial charge on any atom is -0.317 e. The molecular formula is C16H23ClFN. The molecule has 1 atom stereocenters. The zero-order valence-electron chi connectivity index (χ0n) is 11.6. The predicted octanol–water partition coefficient (Wildman–Crippen LogP) is 4.58. The van der Waals surface area contributed by atoms with E-state index in [0.717, 1.165) is 24.3 Å². The van der Waals surface area contributed by atoms with Gasteiger partial charge in [-0.25, -0.2) is 4.39 Å². The molecule has 1 saturated carbocycles. The third-order valence-corrected chi connectivity index (χ3v) is 4.54. The lowest BCUT2D eigenvalue weighted by atomic mass is 9.83. The van der Waals surface area contributed by atoms with E-state index in [1.54, 1.807) is 6.07 Å². The maximum Gasteiger partial charge on any atom is 0.145 e. The van der Waals surface area contributed by atoms with Gasteiger partial charge in [0.1, 0.15) is 5.82 Å². The minimum atomic E-state index is -0.256. The summed E-state index contributed by atoms with van der Waals surface area (Å²) in [4.78, 5) is 0. The molecule has 0 spiro atoms. The SMILES string of the molecule is CNC(Cc1cccc(Cl)c1F)CC1CCCCC1. The van der Waals surface area contributed by atoms with Crippen LogP contribution in [0.3, 0.4) is 0 Å². The number of hydrogen-bond acceptors (Lipinski definition) is 1. The van der Waals surface area contributed by atoms with E-state index < -0.39 is 0 Å². The molecule has 0 heterocycles. The highest BCUT2D eigenvalue weighted by atomic mass is 35.5. The van der Waals surface area contributed by atoms with Crippen molar-refractivity contribution in [3.8, 4) is 0 Å². The third-order valence-electron chi connectivity index (χ3n) is 4.25. The molecule has 0 aromatic heterocycles. The minimum absolute atomic E-state index is 0.227. The number of benzene rings is 1. The summed E-state index contributed by atoms with van der Waals surface area (Å²) in [5, 5.41) is 3.56. The van der Waals surface area contributed by atoms with Crippen LogP contribution in [0, 0.1) is 11.7 Å². The van der Waals surface area contributed by atoms with Crippen LogP contribution in [-0.2, 0) is 6.42 Å². The van der Waals surface area contributed by atoms with Crippen molar-refractivity contribution in [1.82, 2.24) is 5.32 Å². The second-order valence-electron chi connectivity index (χ2n) is 5.64. The van der Waals surface area contributed by atoms with Gasteiger partial charge in [-0.2, -0.15) is 0 Å². The van der Waals surface area contributed by atoms with Crippen LogP contribution in [0.4, 0.5) is 4.39 Å². The van der Waals surface area contributed by atoms with Gasteiger partial charge in [-0.1, -0.05) is 55.8 Å². The quantitative estimate of drug-likeness (QED) is 0.834. The average molecular weight is 284 g/mol. The molecule has 1 aromatic rings. The van der Waals surface area contributed by atoms with E-state index in [-0.39, 0.29) is 10.8 Å². The lowest BCUT2D eigenvalue weighted by Gasteiger charge is -2.26. The number of nitrogens with one attached hydrogen (secondary N) is 1. The van der Waals surface area contributed by atoms with E-state index in [4.69, 9.17) is 11.6 Å². The fourth-order valence-electron chi connectivity index (χ4n) is 3.10. The summed E-state index contributed by atoms with van der Waals surface area (Å²) in [7, 11) is 1.97. The summed E-state index contributed by atoms with van der Waals surface area (Å²) < 4.78 is 13.9. The normalized spacial score (nSPS) is 18.5. The van der Waals surface area contributed by atoms with Crippen LogP contribution in [0.1, 0.15) is 44.1 Å². The monoisotopic (exact) mass is 283 g/mol. The summed E-state index contributed by atoms with van der Waals surface area (Å²) in [6, 6.07) is 5.62. The van der Waals surface area contributed by atoms with E-state index in [1.807, 2.05) is 19.2 Å². The van der Waals surface area contributed by atoms with Gasteiger partial charge in [0.15, 0.2) is 0 Å². The van der Waals surface area contributed by atoms with Gasteiger partial charge in [-0.05, 0) is 37.4 Å².